The SMILES string of the molecule is [Br-].[CH-]1OCCCO1.[CH2-]C.[Mg+2]. The molecule has 0 bridgehead atoms. The van der Waals surface area contributed by atoms with E-state index in [2.05, 4.69) is 6.92 Å². The fourth-order valence-electron chi connectivity index (χ4n) is 0.370. The second-order valence-electron chi connectivity index (χ2n) is 1.19. The van der Waals surface area contributed by atoms with Crippen molar-refractivity contribution in [1.29, 1.82) is 0 Å². The van der Waals surface area contributed by atoms with E-state index in [1.54, 1.807) is 6.92 Å². The van der Waals surface area contributed by atoms with Gasteiger partial charge in [-0.1, -0.05) is 6.79 Å². The topological polar surface area (TPSA) is 18.5 Å². The fourth-order valence-corrected chi connectivity index (χ4v) is 0.370. The Morgan fingerprint density at radius 1 is 1.20 bits per heavy atom. The summed E-state index contributed by atoms with van der Waals surface area (Å²) >= 11 is 0. The van der Waals surface area contributed by atoms with Crippen LogP contribution in [0, 0.1) is 13.7 Å². The fraction of sp³-hybridized carbons (Fsp3) is 0.667. The normalized spacial score (nSPS) is 15.0. The van der Waals surface area contributed by atoms with E-state index in [4.69, 9.17) is 9.47 Å². The first-order valence-corrected chi connectivity index (χ1v) is 2.76. The van der Waals surface area contributed by atoms with Gasteiger partial charge in [-0.25, -0.2) is 0 Å². The molecule has 1 fully saturated rings. The van der Waals surface area contributed by atoms with Crippen LogP contribution in [0.3, 0.4) is 0 Å². The first-order valence-electron chi connectivity index (χ1n) is 2.76. The van der Waals surface area contributed by atoms with E-state index in [1.807, 2.05) is 0 Å². The van der Waals surface area contributed by atoms with Crippen molar-refractivity contribution in [3.63, 3.8) is 0 Å². The second-order valence-corrected chi connectivity index (χ2v) is 1.19. The first kappa shape index (κ1) is 17.3. The van der Waals surface area contributed by atoms with Gasteiger partial charge in [0.1, 0.15) is 0 Å². The molecule has 2 nitrogen and oxygen atoms in total. The van der Waals surface area contributed by atoms with Crippen LogP contribution in [0.1, 0.15) is 13.3 Å². The van der Waals surface area contributed by atoms with Gasteiger partial charge >= 0.3 is 23.1 Å². The Hall–Kier alpha value is 1.17. The minimum atomic E-state index is 0. The van der Waals surface area contributed by atoms with Gasteiger partial charge in [-0.15, -0.1) is 0 Å². The molecule has 4 heteroatoms. The van der Waals surface area contributed by atoms with Crippen molar-refractivity contribution >= 4 is 23.1 Å². The zero-order chi connectivity index (χ0) is 6.24. The van der Waals surface area contributed by atoms with Gasteiger partial charge < -0.3 is 33.4 Å². The van der Waals surface area contributed by atoms with Gasteiger partial charge in [0.2, 0.25) is 0 Å². The monoisotopic (exact) mass is 219 g/mol. The molecule has 10 heavy (non-hydrogen) atoms. The van der Waals surface area contributed by atoms with Crippen molar-refractivity contribution in [2.24, 2.45) is 0 Å². The first-order chi connectivity index (χ1) is 4.00. The van der Waals surface area contributed by atoms with Crippen LogP contribution in [0.4, 0.5) is 0 Å². The Balaban J connectivity index is -0.000000114. The van der Waals surface area contributed by atoms with Gasteiger partial charge in [-0.3, -0.25) is 0 Å². The average molecular weight is 220 g/mol. The number of rotatable bonds is 0. The maximum atomic E-state index is 4.72. The number of ether oxygens (including phenoxy) is 2. The smallest absolute Gasteiger partial charge is 1.00 e. The maximum Gasteiger partial charge on any atom is 2.00 e. The predicted octanol–water partition coefficient (Wildman–Crippen LogP) is -1.99. The molecule has 0 aromatic carbocycles. The minimum absolute atomic E-state index is 0. The molecule has 0 aromatic rings. The zero-order valence-corrected chi connectivity index (χ0v) is 9.31. The van der Waals surface area contributed by atoms with Crippen molar-refractivity contribution < 1.29 is 26.5 Å². The molecule has 1 heterocycles. The largest absolute Gasteiger partial charge is 2.00 e. The molecule has 1 rings (SSSR count). The van der Waals surface area contributed by atoms with Crippen LogP contribution in [0.25, 0.3) is 0 Å². The molecule has 0 unspecified atom stereocenters. The third-order valence-corrected chi connectivity index (χ3v) is 0.660. The van der Waals surface area contributed by atoms with E-state index in [1.165, 1.54) is 6.79 Å². The Labute approximate surface area is 89.6 Å². The van der Waals surface area contributed by atoms with Crippen LogP contribution in [-0.4, -0.2) is 36.3 Å². The molecule has 0 aromatic heterocycles. The van der Waals surface area contributed by atoms with Gasteiger partial charge in [-0.2, -0.15) is 6.92 Å². The molecule has 0 amide bonds. The van der Waals surface area contributed by atoms with Gasteiger partial charge in [0.25, 0.3) is 0 Å². The van der Waals surface area contributed by atoms with Crippen LogP contribution >= 0.6 is 0 Å². The summed E-state index contributed by atoms with van der Waals surface area (Å²) in [5.74, 6) is 0. The number of halogens is 1. The summed E-state index contributed by atoms with van der Waals surface area (Å²) < 4.78 is 9.44. The minimum Gasteiger partial charge on any atom is -1.00 e. The number of hydrogen-bond acceptors (Lipinski definition) is 2. The van der Waals surface area contributed by atoms with E-state index in [0.717, 1.165) is 19.6 Å². The van der Waals surface area contributed by atoms with Crippen LogP contribution in [0.5, 0.6) is 0 Å². The summed E-state index contributed by atoms with van der Waals surface area (Å²) in [4.78, 5) is 0. The van der Waals surface area contributed by atoms with Crippen LogP contribution in [0.2, 0.25) is 0 Å². The van der Waals surface area contributed by atoms with Crippen molar-refractivity contribution in [3.8, 4) is 0 Å². The third-order valence-electron chi connectivity index (χ3n) is 0.660. The van der Waals surface area contributed by atoms with Gasteiger partial charge in [-0.05, 0) is 6.42 Å². The summed E-state index contributed by atoms with van der Waals surface area (Å²) in [7, 11) is 0. The van der Waals surface area contributed by atoms with Gasteiger partial charge in [0.05, 0.1) is 0 Å². The molecule has 0 atom stereocenters. The predicted molar refractivity (Wildman–Crippen MR) is 37.6 cm³/mol. The quantitative estimate of drug-likeness (QED) is 0.347. The maximum absolute atomic E-state index is 4.72. The van der Waals surface area contributed by atoms with E-state index < -0.39 is 0 Å². The van der Waals surface area contributed by atoms with E-state index in [9.17, 15) is 0 Å². The Morgan fingerprint density at radius 3 is 1.70 bits per heavy atom. The molecular formula is C6H12BrMgO2-. The summed E-state index contributed by atoms with van der Waals surface area (Å²) in [6, 6.07) is 0. The summed E-state index contributed by atoms with van der Waals surface area (Å²) in [6.45, 7) is 8.03. The van der Waals surface area contributed by atoms with Gasteiger partial charge in [0.15, 0.2) is 0 Å². The second kappa shape index (κ2) is 16.6. The van der Waals surface area contributed by atoms with E-state index >= 15 is 0 Å². The standard InChI is InChI=1S/C4H7O2.C2H5.BrH.Mg/c1-2-5-4-6-3-1;1-2;;/h4H,1-3H2;1H2,2H3;1H;/q2*-1;;+2/p-1. The zero-order valence-electron chi connectivity index (χ0n) is 6.31. The van der Waals surface area contributed by atoms with E-state index in [-0.39, 0.29) is 40.0 Å². The molecule has 1 aliphatic rings. The molecule has 1 saturated heterocycles. The van der Waals surface area contributed by atoms with Crippen molar-refractivity contribution in [1.82, 2.24) is 0 Å². The Bertz CT molecular complexity index is 31.2. The average Bonchev–Trinajstić information content (AvgIpc) is 1.96. The van der Waals surface area contributed by atoms with Gasteiger partial charge in [0, 0.05) is 13.2 Å². The molecule has 0 aliphatic carbocycles. The third kappa shape index (κ3) is 11.9. The number of hydrogen-bond donors (Lipinski definition) is 0. The van der Waals surface area contributed by atoms with E-state index in [0.29, 0.717) is 0 Å². The summed E-state index contributed by atoms with van der Waals surface area (Å²) in [5, 5.41) is 0. The Morgan fingerprint density at radius 2 is 1.60 bits per heavy atom. The molecule has 0 spiro atoms. The Kier molecular flexibility index (Phi) is 28.8. The van der Waals surface area contributed by atoms with Crippen molar-refractivity contribution in [2.75, 3.05) is 13.2 Å². The molecular weight excluding hydrogens is 208 g/mol. The molecule has 1 aliphatic heterocycles. The van der Waals surface area contributed by atoms with Crippen LogP contribution in [0.15, 0.2) is 0 Å². The molecule has 0 saturated carbocycles. The summed E-state index contributed by atoms with van der Waals surface area (Å²) in [6.07, 6.45) is 1.02. The molecule has 58 valence electrons. The van der Waals surface area contributed by atoms with Crippen LogP contribution in [-0.2, 0) is 9.47 Å². The summed E-state index contributed by atoms with van der Waals surface area (Å²) in [5.41, 5.74) is 0. The van der Waals surface area contributed by atoms with Crippen molar-refractivity contribution in [3.05, 3.63) is 13.7 Å². The molecule has 0 N–H and O–H groups in total. The van der Waals surface area contributed by atoms with Crippen molar-refractivity contribution in [2.45, 2.75) is 13.3 Å². The molecule has 0 radical (unpaired) electrons. The van der Waals surface area contributed by atoms with Crippen LogP contribution < -0.4 is 17.0 Å².